The fourth-order valence-corrected chi connectivity index (χ4v) is 3.57. The standard InChI is InChI=1S/C22H24N4O3/c1-24-9-11-26(12-10-24)22(28)18(23-21(27)20-8-5-13-29-20)14-16-15-25(2)19-7-4-3-6-17(16)19/h3-8,13-15H,9-12H2,1-2H3,(H,23,27)/b18-14-. The average molecular weight is 392 g/mol. The monoisotopic (exact) mass is 392 g/mol. The molecule has 1 fully saturated rings. The van der Waals surface area contributed by atoms with Crippen molar-refractivity contribution in [3.05, 3.63) is 65.9 Å². The van der Waals surface area contributed by atoms with Gasteiger partial charge in [-0.3, -0.25) is 9.59 Å². The molecule has 1 saturated heterocycles. The molecule has 7 heteroatoms. The predicted molar refractivity (Wildman–Crippen MR) is 111 cm³/mol. The van der Waals surface area contributed by atoms with Crippen LogP contribution in [0.4, 0.5) is 0 Å². The van der Waals surface area contributed by atoms with E-state index in [4.69, 9.17) is 4.42 Å². The summed E-state index contributed by atoms with van der Waals surface area (Å²) in [6, 6.07) is 11.2. The van der Waals surface area contributed by atoms with E-state index in [0.29, 0.717) is 13.1 Å². The number of carbonyl (C=O) groups excluding carboxylic acids is 2. The van der Waals surface area contributed by atoms with Crippen molar-refractivity contribution in [1.82, 2.24) is 19.7 Å². The van der Waals surface area contributed by atoms with Crippen LogP contribution in [0.25, 0.3) is 17.0 Å². The minimum atomic E-state index is -0.441. The molecule has 0 atom stereocenters. The number of hydrogen-bond acceptors (Lipinski definition) is 4. The topological polar surface area (TPSA) is 70.7 Å². The third kappa shape index (κ3) is 3.95. The Labute approximate surface area is 169 Å². The van der Waals surface area contributed by atoms with Crippen molar-refractivity contribution in [2.45, 2.75) is 0 Å². The molecule has 0 aliphatic carbocycles. The Kier molecular flexibility index (Phi) is 5.22. The number of carbonyl (C=O) groups is 2. The van der Waals surface area contributed by atoms with Crippen LogP contribution in [-0.2, 0) is 11.8 Å². The minimum Gasteiger partial charge on any atom is -0.459 e. The molecule has 7 nitrogen and oxygen atoms in total. The van der Waals surface area contributed by atoms with Crippen LogP contribution in [0.2, 0.25) is 0 Å². The third-order valence-corrected chi connectivity index (χ3v) is 5.24. The van der Waals surface area contributed by atoms with Crippen LogP contribution < -0.4 is 5.32 Å². The molecule has 0 radical (unpaired) electrons. The number of amides is 2. The van der Waals surface area contributed by atoms with Gasteiger partial charge in [0.15, 0.2) is 5.76 Å². The van der Waals surface area contributed by atoms with Gasteiger partial charge in [-0.15, -0.1) is 0 Å². The summed E-state index contributed by atoms with van der Waals surface area (Å²) in [5, 5.41) is 3.78. The molecule has 0 spiro atoms. The number of rotatable bonds is 4. The lowest BCUT2D eigenvalue weighted by atomic mass is 10.1. The summed E-state index contributed by atoms with van der Waals surface area (Å²) in [7, 11) is 4.00. The van der Waals surface area contributed by atoms with Gasteiger partial charge in [0, 0.05) is 55.9 Å². The molecule has 0 saturated carbocycles. The van der Waals surface area contributed by atoms with Crippen molar-refractivity contribution in [2.75, 3.05) is 33.2 Å². The first-order valence-corrected chi connectivity index (χ1v) is 9.61. The second-order valence-electron chi connectivity index (χ2n) is 7.30. The number of piperazine rings is 1. The quantitative estimate of drug-likeness (QED) is 0.692. The molecule has 1 aliphatic rings. The number of hydrogen-bond donors (Lipinski definition) is 1. The Balaban J connectivity index is 1.69. The lowest BCUT2D eigenvalue weighted by Crippen LogP contribution is -2.49. The zero-order chi connectivity index (χ0) is 20.4. The molecule has 0 unspecified atom stereocenters. The zero-order valence-corrected chi connectivity index (χ0v) is 16.6. The smallest absolute Gasteiger partial charge is 0.291 e. The van der Waals surface area contributed by atoms with E-state index in [1.165, 1.54) is 6.26 Å². The van der Waals surface area contributed by atoms with E-state index in [2.05, 4.69) is 10.2 Å². The predicted octanol–water partition coefficient (Wildman–Crippen LogP) is 2.32. The third-order valence-electron chi connectivity index (χ3n) is 5.24. The molecule has 29 heavy (non-hydrogen) atoms. The van der Waals surface area contributed by atoms with Gasteiger partial charge in [-0.25, -0.2) is 0 Å². The molecule has 1 N–H and O–H groups in total. The minimum absolute atomic E-state index is 0.167. The molecule has 1 aromatic carbocycles. The van der Waals surface area contributed by atoms with Gasteiger partial charge in [-0.2, -0.15) is 0 Å². The highest BCUT2D eigenvalue weighted by Gasteiger charge is 2.24. The molecule has 150 valence electrons. The maximum atomic E-state index is 13.2. The highest BCUT2D eigenvalue weighted by molar-refractivity contribution is 6.06. The van der Waals surface area contributed by atoms with Gasteiger partial charge >= 0.3 is 0 Å². The van der Waals surface area contributed by atoms with Gasteiger partial charge in [0.1, 0.15) is 5.70 Å². The first-order chi connectivity index (χ1) is 14.0. The number of furan rings is 1. The van der Waals surface area contributed by atoms with Crippen LogP contribution in [0.1, 0.15) is 16.1 Å². The SMILES string of the molecule is CN1CCN(C(=O)/C(=C/c2cn(C)c3ccccc23)NC(=O)c2ccco2)CC1. The first-order valence-electron chi connectivity index (χ1n) is 9.61. The fourth-order valence-electron chi connectivity index (χ4n) is 3.57. The van der Waals surface area contributed by atoms with Gasteiger partial charge in [-0.1, -0.05) is 18.2 Å². The number of para-hydroxylation sites is 1. The van der Waals surface area contributed by atoms with E-state index >= 15 is 0 Å². The molecular weight excluding hydrogens is 368 g/mol. The van der Waals surface area contributed by atoms with Gasteiger partial charge in [0.25, 0.3) is 11.8 Å². The van der Waals surface area contributed by atoms with E-state index in [-0.39, 0.29) is 17.4 Å². The van der Waals surface area contributed by atoms with Gasteiger partial charge < -0.3 is 24.1 Å². The zero-order valence-electron chi connectivity index (χ0n) is 16.6. The van der Waals surface area contributed by atoms with Crippen LogP contribution in [0.15, 0.2) is 59.0 Å². The number of aryl methyl sites for hydroxylation is 1. The molecular formula is C22H24N4O3. The van der Waals surface area contributed by atoms with E-state index < -0.39 is 5.91 Å². The van der Waals surface area contributed by atoms with Crippen LogP contribution >= 0.6 is 0 Å². The van der Waals surface area contributed by atoms with Crippen LogP contribution in [0.3, 0.4) is 0 Å². The van der Waals surface area contributed by atoms with Crippen LogP contribution in [0.5, 0.6) is 0 Å². The number of aromatic nitrogens is 1. The maximum absolute atomic E-state index is 13.2. The Bertz CT molecular complexity index is 1060. The van der Waals surface area contributed by atoms with Crippen LogP contribution in [-0.4, -0.2) is 59.4 Å². The van der Waals surface area contributed by atoms with Crippen molar-refractivity contribution < 1.29 is 14.0 Å². The van der Waals surface area contributed by atoms with Gasteiger partial charge in [0.05, 0.1) is 6.26 Å². The Morgan fingerprint density at radius 3 is 2.52 bits per heavy atom. The molecule has 4 rings (SSSR count). The summed E-state index contributed by atoms with van der Waals surface area (Å²) in [5.41, 5.74) is 2.18. The van der Waals surface area contributed by atoms with Crippen LogP contribution in [0, 0.1) is 0 Å². The summed E-state index contributed by atoms with van der Waals surface area (Å²) >= 11 is 0. The molecule has 1 aliphatic heterocycles. The molecule has 2 aromatic heterocycles. The molecule has 2 amide bonds. The maximum Gasteiger partial charge on any atom is 0.291 e. The Morgan fingerprint density at radius 1 is 1.03 bits per heavy atom. The van der Waals surface area contributed by atoms with E-state index in [9.17, 15) is 9.59 Å². The van der Waals surface area contributed by atoms with Gasteiger partial charge in [0.2, 0.25) is 0 Å². The fraction of sp³-hybridized carbons (Fsp3) is 0.273. The number of benzene rings is 1. The number of likely N-dealkylation sites (N-methyl/N-ethyl adjacent to an activating group) is 1. The second kappa shape index (κ2) is 7.97. The lowest BCUT2D eigenvalue weighted by molar-refractivity contribution is -0.128. The van der Waals surface area contributed by atoms with Gasteiger partial charge in [-0.05, 0) is 31.3 Å². The summed E-state index contributed by atoms with van der Waals surface area (Å²) in [5.74, 6) is -0.463. The molecule has 3 heterocycles. The molecule has 3 aromatic rings. The van der Waals surface area contributed by atoms with E-state index in [0.717, 1.165) is 29.6 Å². The number of nitrogens with one attached hydrogen (secondary N) is 1. The Morgan fingerprint density at radius 2 is 1.79 bits per heavy atom. The van der Waals surface area contributed by atoms with E-state index in [1.807, 2.05) is 49.1 Å². The van der Waals surface area contributed by atoms with Crippen molar-refractivity contribution in [2.24, 2.45) is 7.05 Å². The number of fused-ring (bicyclic) bond motifs is 1. The summed E-state index contributed by atoms with van der Waals surface area (Å²) in [6.07, 6.45) is 5.15. The second-order valence-corrected chi connectivity index (χ2v) is 7.30. The number of nitrogens with zero attached hydrogens (tertiary/aromatic N) is 3. The van der Waals surface area contributed by atoms with Crippen molar-refractivity contribution >= 4 is 28.8 Å². The average Bonchev–Trinajstić information content (AvgIpc) is 3.37. The van der Waals surface area contributed by atoms with Crippen molar-refractivity contribution in [3.8, 4) is 0 Å². The molecule has 0 bridgehead atoms. The summed E-state index contributed by atoms with van der Waals surface area (Å²) in [6.45, 7) is 2.86. The highest BCUT2D eigenvalue weighted by atomic mass is 16.3. The normalized spacial score (nSPS) is 15.7. The van der Waals surface area contributed by atoms with Crippen molar-refractivity contribution in [1.29, 1.82) is 0 Å². The van der Waals surface area contributed by atoms with Crippen molar-refractivity contribution in [3.63, 3.8) is 0 Å². The lowest BCUT2D eigenvalue weighted by Gasteiger charge is -2.32. The summed E-state index contributed by atoms with van der Waals surface area (Å²) < 4.78 is 7.19. The highest BCUT2D eigenvalue weighted by Crippen LogP contribution is 2.23. The first kappa shape index (κ1) is 19.0. The summed E-state index contributed by atoms with van der Waals surface area (Å²) in [4.78, 5) is 29.8. The largest absolute Gasteiger partial charge is 0.459 e. The van der Waals surface area contributed by atoms with E-state index in [1.54, 1.807) is 23.1 Å². The Hall–Kier alpha value is -3.32.